The van der Waals surface area contributed by atoms with Gasteiger partial charge in [0.15, 0.2) is 0 Å². The van der Waals surface area contributed by atoms with Gasteiger partial charge in [-0.1, -0.05) is 18.7 Å². The molecule has 0 amide bonds. The molecule has 0 saturated carbocycles. The molecule has 0 bridgehead atoms. The predicted molar refractivity (Wildman–Crippen MR) is 48.0 cm³/mol. The van der Waals surface area contributed by atoms with E-state index in [1.54, 1.807) is 12.1 Å². The van der Waals surface area contributed by atoms with E-state index in [9.17, 15) is 4.39 Å². The van der Waals surface area contributed by atoms with Crippen molar-refractivity contribution in [3.63, 3.8) is 0 Å². The first-order valence-corrected chi connectivity index (χ1v) is 3.63. The van der Waals surface area contributed by atoms with Gasteiger partial charge in [-0.3, -0.25) is 0 Å². The van der Waals surface area contributed by atoms with Crippen molar-refractivity contribution in [2.75, 3.05) is 6.54 Å². The molecule has 0 aliphatic heterocycles. The zero-order chi connectivity index (χ0) is 8.97. The minimum absolute atomic E-state index is 0.251. The lowest BCUT2D eigenvalue weighted by atomic mass is 10.1. The number of hydrogen-bond donors (Lipinski definition) is 1. The molecule has 1 rings (SSSR count). The Morgan fingerprint density at radius 1 is 1.42 bits per heavy atom. The van der Waals surface area contributed by atoms with Crippen molar-refractivity contribution < 1.29 is 4.39 Å². The first-order valence-electron chi connectivity index (χ1n) is 3.63. The summed E-state index contributed by atoms with van der Waals surface area (Å²) in [6.07, 6.45) is 0. The first kappa shape index (κ1) is 8.72. The molecule has 0 atom stereocenters. The van der Waals surface area contributed by atoms with Crippen LogP contribution in [0.4, 0.5) is 4.39 Å². The van der Waals surface area contributed by atoms with Crippen LogP contribution in [0, 0.1) is 5.82 Å². The van der Waals surface area contributed by atoms with E-state index in [2.05, 4.69) is 12.3 Å². The molecule has 0 aliphatic carbocycles. The quantitative estimate of drug-likeness (QED) is 0.662. The maximum absolute atomic E-state index is 12.5. The third kappa shape index (κ3) is 1.82. The van der Waals surface area contributed by atoms with Crippen LogP contribution in [0.15, 0.2) is 36.6 Å². The maximum atomic E-state index is 12.5. The molecule has 0 radical (unpaired) electrons. The average molecular weight is 163 g/mol. The molecule has 12 heavy (non-hydrogen) atoms. The van der Waals surface area contributed by atoms with Gasteiger partial charge in [-0.25, -0.2) is 4.39 Å². The van der Waals surface area contributed by atoms with Crippen molar-refractivity contribution in [2.24, 2.45) is 5.73 Å². The summed E-state index contributed by atoms with van der Waals surface area (Å²) in [7, 11) is 0. The van der Waals surface area contributed by atoms with Crippen molar-refractivity contribution in [3.05, 3.63) is 48.0 Å². The third-order valence-electron chi connectivity index (χ3n) is 1.61. The number of benzene rings is 1. The molecule has 0 fully saturated rings. The fourth-order valence-corrected chi connectivity index (χ4v) is 0.943. The summed E-state index contributed by atoms with van der Waals surface area (Å²) in [5.74, 6) is -0.251. The second-order valence-corrected chi connectivity index (χ2v) is 2.37. The molecule has 0 aromatic heterocycles. The van der Waals surface area contributed by atoms with Gasteiger partial charge in [0.05, 0.1) is 0 Å². The zero-order valence-electron chi connectivity index (χ0n) is 6.68. The van der Waals surface area contributed by atoms with Crippen molar-refractivity contribution >= 4 is 5.57 Å². The predicted octanol–water partition coefficient (Wildman–Crippen LogP) is 1.95. The molecular formula is C10H10FN. The molecule has 62 valence electrons. The lowest BCUT2D eigenvalue weighted by Crippen LogP contribution is -2.01. The summed E-state index contributed by atoms with van der Waals surface area (Å²) in [6.45, 7) is 3.87. The van der Waals surface area contributed by atoms with Crippen LogP contribution < -0.4 is 5.73 Å². The van der Waals surface area contributed by atoms with Crippen molar-refractivity contribution in [3.8, 4) is 0 Å². The van der Waals surface area contributed by atoms with Gasteiger partial charge in [0.1, 0.15) is 5.82 Å². The SMILES string of the molecule is C=C=C(CN)c1ccc(F)cc1. The van der Waals surface area contributed by atoms with Gasteiger partial charge in [0.25, 0.3) is 0 Å². The lowest BCUT2D eigenvalue weighted by Gasteiger charge is -2.00. The minimum Gasteiger partial charge on any atom is -0.326 e. The zero-order valence-corrected chi connectivity index (χ0v) is 6.68. The monoisotopic (exact) mass is 163 g/mol. The Labute approximate surface area is 71.0 Å². The van der Waals surface area contributed by atoms with Crippen LogP contribution in [0.3, 0.4) is 0 Å². The molecule has 0 saturated heterocycles. The normalized spacial score (nSPS) is 9.17. The van der Waals surface area contributed by atoms with Crippen molar-refractivity contribution in [1.29, 1.82) is 0 Å². The Kier molecular flexibility index (Phi) is 2.81. The van der Waals surface area contributed by atoms with E-state index < -0.39 is 0 Å². The smallest absolute Gasteiger partial charge is 0.123 e. The number of halogens is 1. The Hall–Kier alpha value is -1.37. The van der Waals surface area contributed by atoms with E-state index >= 15 is 0 Å². The molecule has 1 aromatic carbocycles. The molecule has 0 spiro atoms. The standard InChI is InChI=1S/C10H10FN/c1-2-8(7-12)9-3-5-10(11)6-4-9/h3-6H,1,7,12H2. The Balaban J connectivity index is 3.04. The van der Waals surface area contributed by atoms with E-state index in [1.807, 2.05) is 0 Å². The number of hydrogen-bond acceptors (Lipinski definition) is 1. The Morgan fingerprint density at radius 2 is 2.00 bits per heavy atom. The third-order valence-corrected chi connectivity index (χ3v) is 1.61. The van der Waals surface area contributed by atoms with Crippen LogP contribution in [0.25, 0.3) is 5.57 Å². The van der Waals surface area contributed by atoms with Gasteiger partial charge < -0.3 is 5.73 Å². The van der Waals surface area contributed by atoms with Gasteiger partial charge in [-0.15, -0.1) is 5.73 Å². The lowest BCUT2D eigenvalue weighted by molar-refractivity contribution is 0.627. The van der Waals surface area contributed by atoms with E-state index in [1.165, 1.54) is 12.1 Å². The van der Waals surface area contributed by atoms with Crippen LogP contribution in [0.1, 0.15) is 5.56 Å². The van der Waals surface area contributed by atoms with E-state index in [-0.39, 0.29) is 5.82 Å². The van der Waals surface area contributed by atoms with Crippen LogP contribution in [-0.4, -0.2) is 6.54 Å². The maximum Gasteiger partial charge on any atom is 0.123 e. The highest BCUT2D eigenvalue weighted by atomic mass is 19.1. The van der Waals surface area contributed by atoms with Gasteiger partial charge in [0, 0.05) is 12.1 Å². The van der Waals surface area contributed by atoms with Gasteiger partial charge in [0.2, 0.25) is 0 Å². The van der Waals surface area contributed by atoms with Gasteiger partial charge in [-0.05, 0) is 17.7 Å². The molecule has 1 nitrogen and oxygen atoms in total. The minimum atomic E-state index is -0.251. The fraction of sp³-hybridized carbons (Fsp3) is 0.100. The molecule has 1 aromatic rings. The fourth-order valence-electron chi connectivity index (χ4n) is 0.943. The van der Waals surface area contributed by atoms with Crippen LogP contribution >= 0.6 is 0 Å². The van der Waals surface area contributed by atoms with Gasteiger partial charge in [-0.2, -0.15) is 0 Å². The summed E-state index contributed by atoms with van der Waals surface area (Å²) < 4.78 is 12.5. The highest BCUT2D eigenvalue weighted by Crippen LogP contribution is 2.11. The number of rotatable bonds is 2. The summed E-state index contributed by atoms with van der Waals surface area (Å²) >= 11 is 0. The van der Waals surface area contributed by atoms with Crippen LogP contribution in [0.2, 0.25) is 0 Å². The summed E-state index contributed by atoms with van der Waals surface area (Å²) in [6, 6.07) is 6.11. The van der Waals surface area contributed by atoms with E-state index in [0.29, 0.717) is 6.54 Å². The molecule has 0 heterocycles. The Bertz CT molecular complexity index is 307. The summed E-state index contributed by atoms with van der Waals surface area (Å²) in [5.41, 5.74) is 9.80. The van der Waals surface area contributed by atoms with Crippen LogP contribution in [-0.2, 0) is 0 Å². The van der Waals surface area contributed by atoms with E-state index in [0.717, 1.165) is 11.1 Å². The molecule has 0 unspecified atom stereocenters. The summed E-state index contributed by atoms with van der Waals surface area (Å²) in [5, 5.41) is 0. The highest BCUT2D eigenvalue weighted by Gasteiger charge is 1.97. The first-order chi connectivity index (χ1) is 5.77. The largest absolute Gasteiger partial charge is 0.326 e. The highest BCUT2D eigenvalue weighted by molar-refractivity contribution is 5.65. The second-order valence-electron chi connectivity index (χ2n) is 2.37. The molecule has 2 N–H and O–H groups in total. The molecule has 0 aliphatic rings. The van der Waals surface area contributed by atoms with E-state index in [4.69, 9.17) is 5.73 Å². The van der Waals surface area contributed by atoms with Crippen molar-refractivity contribution in [2.45, 2.75) is 0 Å². The Morgan fingerprint density at radius 3 is 2.42 bits per heavy atom. The van der Waals surface area contributed by atoms with Crippen molar-refractivity contribution in [1.82, 2.24) is 0 Å². The van der Waals surface area contributed by atoms with Gasteiger partial charge >= 0.3 is 0 Å². The molecular weight excluding hydrogens is 153 g/mol. The molecule has 2 heteroatoms. The van der Waals surface area contributed by atoms with Crippen LogP contribution in [0.5, 0.6) is 0 Å². The average Bonchev–Trinajstić information content (AvgIpc) is 2.10. The number of nitrogens with two attached hydrogens (primary N) is 1. The summed E-state index contributed by atoms with van der Waals surface area (Å²) in [4.78, 5) is 0. The topological polar surface area (TPSA) is 26.0 Å². The second kappa shape index (κ2) is 3.86.